The molecule has 2 unspecified atom stereocenters. The van der Waals surface area contributed by atoms with Crippen LogP contribution in [0, 0.1) is 6.92 Å². The minimum Gasteiger partial charge on any atom is -0.391 e. The summed E-state index contributed by atoms with van der Waals surface area (Å²) < 4.78 is 29.6. The summed E-state index contributed by atoms with van der Waals surface area (Å²) in [5.41, 5.74) is 2.15. The first-order valence-electron chi connectivity index (χ1n) is 7.88. The number of nitrogens with one attached hydrogen (secondary N) is 1. The van der Waals surface area contributed by atoms with Gasteiger partial charge in [0.2, 0.25) is 0 Å². The van der Waals surface area contributed by atoms with E-state index in [0.717, 1.165) is 24.9 Å². The average molecular weight is 349 g/mol. The second-order valence-electron chi connectivity index (χ2n) is 5.84. The van der Waals surface area contributed by atoms with Crippen molar-refractivity contribution in [3.63, 3.8) is 0 Å². The van der Waals surface area contributed by atoms with Gasteiger partial charge in [-0.1, -0.05) is 48.0 Å². The lowest BCUT2D eigenvalue weighted by molar-refractivity contribution is 0.0965. The topological polar surface area (TPSA) is 86.6 Å². The van der Waals surface area contributed by atoms with Gasteiger partial charge in [-0.3, -0.25) is 4.55 Å². The molecule has 1 aliphatic heterocycles. The Labute approximate surface area is 143 Å². The quantitative estimate of drug-likeness (QED) is 0.726. The van der Waals surface area contributed by atoms with E-state index in [4.69, 9.17) is 4.55 Å². The van der Waals surface area contributed by atoms with Crippen molar-refractivity contribution in [2.45, 2.75) is 36.8 Å². The number of aliphatic hydroxyl groups is 1. The van der Waals surface area contributed by atoms with E-state index in [-0.39, 0.29) is 17.0 Å². The van der Waals surface area contributed by atoms with Crippen LogP contribution < -0.4 is 5.32 Å². The predicted octanol–water partition coefficient (Wildman–Crippen LogP) is 2.71. The number of aliphatic hydroxyl groups excluding tert-OH is 1. The van der Waals surface area contributed by atoms with Crippen LogP contribution in [0.15, 0.2) is 59.5 Å². The predicted molar refractivity (Wildman–Crippen MR) is 93.4 cm³/mol. The summed E-state index contributed by atoms with van der Waals surface area (Å²) in [4.78, 5) is -0.0666. The van der Waals surface area contributed by atoms with Crippen molar-refractivity contribution in [2.75, 3.05) is 6.54 Å². The summed E-state index contributed by atoms with van der Waals surface area (Å²) in [6.45, 7) is 2.85. The van der Waals surface area contributed by atoms with E-state index in [2.05, 4.69) is 17.4 Å². The van der Waals surface area contributed by atoms with Gasteiger partial charge in [0.1, 0.15) is 0 Å². The molecule has 0 amide bonds. The molecule has 1 saturated heterocycles. The minimum absolute atomic E-state index is 0.0666. The smallest absolute Gasteiger partial charge is 0.294 e. The maximum atomic E-state index is 10.5. The Kier molecular flexibility index (Phi) is 6.51. The monoisotopic (exact) mass is 349 g/mol. The molecular weight excluding hydrogens is 326 g/mol. The van der Waals surface area contributed by atoms with E-state index in [1.165, 1.54) is 17.7 Å². The minimum atomic E-state index is -4.02. The Morgan fingerprint density at radius 3 is 2.21 bits per heavy atom. The summed E-state index contributed by atoms with van der Waals surface area (Å²) >= 11 is 0. The van der Waals surface area contributed by atoms with Crippen LogP contribution in [0.1, 0.15) is 30.0 Å². The van der Waals surface area contributed by atoms with Gasteiger partial charge in [0.15, 0.2) is 0 Å². The molecule has 1 fully saturated rings. The molecule has 24 heavy (non-hydrogen) atoms. The fraction of sp³-hybridized carbons (Fsp3) is 0.333. The van der Waals surface area contributed by atoms with Crippen molar-refractivity contribution in [3.8, 4) is 0 Å². The molecule has 0 aliphatic carbocycles. The normalized spacial score (nSPS) is 20.8. The molecule has 5 nitrogen and oxygen atoms in total. The van der Waals surface area contributed by atoms with E-state index in [1.807, 2.05) is 25.1 Å². The van der Waals surface area contributed by atoms with Crippen LogP contribution in [0.2, 0.25) is 0 Å². The molecule has 0 bridgehead atoms. The van der Waals surface area contributed by atoms with Crippen LogP contribution in [-0.4, -0.2) is 30.7 Å². The van der Waals surface area contributed by atoms with Crippen LogP contribution in [0.5, 0.6) is 0 Å². The van der Waals surface area contributed by atoms with Gasteiger partial charge in [-0.05, 0) is 44.0 Å². The van der Waals surface area contributed by atoms with E-state index < -0.39 is 10.1 Å². The molecule has 1 heterocycles. The summed E-state index contributed by atoms with van der Waals surface area (Å²) in [5, 5.41) is 13.1. The molecule has 2 aromatic rings. The van der Waals surface area contributed by atoms with Crippen molar-refractivity contribution >= 4 is 10.1 Å². The Morgan fingerprint density at radius 1 is 1.04 bits per heavy atom. The number of hydrogen-bond acceptors (Lipinski definition) is 4. The third kappa shape index (κ3) is 5.42. The summed E-state index contributed by atoms with van der Waals surface area (Å²) in [5.74, 6) is 0. The van der Waals surface area contributed by atoms with Gasteiger partial charge in [0, 0.05) is 0 Å². The SMILES string of the molecule is Cc1ccc(S(=O)(=O)O)cc1.OC1CCCNC1c1ccccc1. The zero-order chi connectivity index (χ0) is 17.6. The molecule has 1 aliphatic rings. The molecule has 130 valence electrons. The van der Waals surface area contributed by atoms with Crippen LogP contribution >= 0.6 is 0 Å². The lowest BCUT2D eigenvalue weighted by atomic mass is 9.95. The zero-order valence-electron chi connectivity index (χ0n) is 13.6. The maximum absolute atomic E-state index is 10.5. The van der Waals surface area contributed by atoms with Gasteiger partial charge in [0.25, 0.3) is 10.1 Å². The molecule has 2 atom stereocenters. The van der Waals surface area contributed by atoms with Crippen LogP contribution in [0.4, 0.5) is 0 Å². The van der Waals surface area contributed by atoms with Gasteiger partial charge in [-0.15, -0.1) is 0 Å². The van der Waals surface area contributed by atoms with E-state index in [9.17, 15) is 13.5 Å². The number of hydrogen-bond donors (Lipinski definition) is 3. The Bertz CT molecular complexity index is 729. The first-order valence-corrected chi connectivity index (χ1v) is 9.32. The Balaban J connectivity index is 0.000000177. The van der Waals surface area contributed by atoms with E-state index in [0.29, 0.717) is 0 Å². The van der Waals surface area contributed by atoms with Gasteiger partial charge in [0.05, 0.1) is 17.0 Å². The second kappa shape index (κ2) is 8.39. The standard InChI is InChI=1S/C11H15NO.C7H8O3S/c13-10-7-4-8-12-11(10)9-5-2-1-3-6-9;1-6-2-4-7(5-3-6)11(8,9)10/h1-3,5-6,10-13H,4,7-8H2;2-5H,1H3,(H,8,9,10). The highest BCUT2D eigenvalue weighted by atomic mass is 32.2. The van der Waals surface area contributed by atoms with Crippen LogP contribution in [0.25, 0.3) is 0 Å². The van der Waals surface area contributed by atoms with Crippen molar-refractivity contribution in [1.29, 1.82) is 0 Å². The molecule has 0 aromatic heterocycles. The highest BCUT2D eigenvalue weighted by Gasteiger charge is 2.23. The van der Waals surface area contributed by atoms with Gasteiger partial charge < -0.3 is 10.4 Å². The highest BCUT2D eigenvalue weighted by molar-refractivity contribution is 7.85. The summed E-state index contributed by atoms with van der Waals surface area (Å²) in [6, 6.07) is 16.3. The van der Waals surface area contributed by atoms with E-state index >= 15 is 0 Å². The molecule has 3 N–H and O–H groups in total. The van der Waals surface area contributed by atoms with Crippen molar-refractivity contribution in [1.82, 2.24) is 5.32 Å². The average Bonchev–Trinajstić information content (AvgIpc) is 2.56. The van der Waals surface area contributed by atoms with Crippen LogP contribution in [0.3, 0.4) is 0 Å². The zero-order valence-corrected chi connectivity index (χ0v) is 14.4. The van der Waals surface area contributed by atoms with Gasteiger partial charge in [-0.25, -0.2) is 0 Å². The van der Waals surface area contributed by atoms with Gasteiger partial charge >= 0.3 is 0 Å². The molecule has 6 heteroatoms. The van der Waals surface area contributed by atoms with Crippen molar-refractivity contribution < 1.29 is 18.1 Å². The Morgan fingerprint density at radius 2 is 1.67 bits per heavy atom. The third-order valence-corrected chi connectivity index (χ3v) is 4.77. The molecular formula is C18H23NO4S. The lowest BCUT2D eigenvalue weighted by Crippen LogP contribution is -2.37. The van der Waals surface area contributed by atoms with Gasteiger partial charge in [-0.2, -0.15) is 8.42 Å². The fourth-order valence-electron chi connectivity index (χ4n) is 2.58. The van der Waals surface area contributed by atoms with Crippen molar-refractivity contribution in [2.24, 2.45) is 0 Å². The first-order chi connectivity index (χ1) is 11.4. The first kappa shape index (κ1) is 18.6. The number of aryl methyl sites for hydroxylation is 1. The van der Waals surface area contributed by atoms with E-state index in [1.54, 1.807) is 12.1 Å². The number of rotatable bonds is 2. The highest BCUT2D eigenvalue weighted by Crippen LogP contribution is 2.22. The summed E-state index contributed by atoms with van der Waals surface area (Å²) in [7, 11) is -4.02. The molecule has 2 aromatic carbocycles. The number of piperidine rings is 1. The lowest BCUT2D eigenvalue weighted by Gasteiger charge is -2.29. The fourth-order valence-corrected chi connectivity index (χ4v) is 3.06. The third-order valence-electron chi connectivity index (χ3n) is 3.90. The van der Waals surface area contributed by atoms with Crippen LogP contribution in [-0.2, 0) is 10.1 Å². The largest absolute Gasteiger partial charge is 0.391 e. The Hall–Kier alpha value is -1.73. The van der Waals surface area contributed by atoms with Crippen molar-refractivity contribution in [3.05, 3.63) is 65.7 Å². The molecule has 0 saturated carbocycles. The molecule has 0 radical (unpaired) electrons. The second-order valence-corrected chi connectivity index (χ2v) is 7.26. The molecule has 3 rings (SSSR count). The maximum Gasteiger partial charge on any atom is 0.294 e. The number of benzene rings is 2. The molecule has 0 spiro atoms. The summed E-state index contributed by atoms with van der Waals surface area (Å²) in [6.07, 6.45) is 1.76.